The molecule has 31 heavy (non-hydrogen) atoms. The Balaban J connectivity index is 1.46. The maximum Gasteiger partial charge on any atom is 0.114 e. The van der Waals surface area contributed by atoms with Crippen LogP contribution in [-0.2, 0) is 12.8 Å². The lowest BCUT2D eigenvalue weighted by Gasteiger charge is -2.35. The number of hydrogen-bond donors (Lipinski definition) is 0. The van der Waals surface area contributed by atoms with Gasteiger partial charge in [0, 0.05) is 37.4 Å². The number of hydrogen-bond acceptors (Lipinski definition) is 2. The lowest BCUT2D eigenvalue weighted by Crippen LogP contribution is -2.39. The van der Waals surface area contributed by atoms with Crippen molar-refractivity contribution in [2.75, 3.05) is 19.6 Å². The van der Waals surface area contributed by atoms with Gasteiger partial charge >= 0.3 is 0 Å². The maximum atomic E-state index is 14.4. The summed E-state index contributed by atoms with van der Waals surface area (Å²) in [6.45, 7) is 9.94. The molecule has 2 aliphatic carbocycles. The summed E-state index contributed by atoms with van der Waals surface area (Å²) >= 11 is 0. The Bertz CT molecular complexity index is 856. The van der Waals surface area contributed by atoms with Gasteiger partial charge in [-0.2, -0.15) is 0 Å². The number of rotatable bonds is 9. The third kappa shape index (κ3) is 5.27. The van der Waals surface area contributed by atoms with Gasteiger partial charge < -0.3 is 4.90 Å². The first kappa shape index (κ1) is 21.8. The summed E-state index contributed by atoms with van der Waals surface area (Å²) in [6.07, 6.45) is 17.9. The minimum atomic E-state index is -0.738. The minimum absolute atomic E-state index is 0.266. The number of allylic oxidation sites excluding steroid dienone is 5. The van der Waals surface area contributed by atoms with Crippen molar-refractivity contribution in [3.63, 3.8) is 0 Å². The van der Waals surface area contributed by atoms with Crippen molar-refractivity contribution < 1.29 is 4.39 Å². The third-order valence-corrected chi connectivity index (χ3v) is 6.94. The normalized spacial score (nSPS) is 24.2. The molecular weight excluding hydrogens is 383 g/mol. The molecule has 0 aromatic heterocycles. The zero-order valence-electron chi connectivity index (χ0n) is 18.6. The second-order valence-corrected chi connectivity index (χ2v) is 9.02. The van der Waals surface area contributed by atoms with E-state index < -0.39 is 6.17 Å². The Labute approximate surface area is 187 Å². The Morgan fingerprint density at radius 1 is 1.16 bits per heavy atom. The molecule has 1 aromatic rings. The van der Waals surface area contributed by atoms with E-state index >= 15 is 0 Å². The van der Waals surface area contributed by atoms with Crippen molar-refractivity contribution in [3.8, 4) is 0 Å². The molecule has 2 unspecified atom stereocenters. The highest BCUT2D eigenvalue weighted by Gasteiger charge is 2.34. The van der Waals surface area contributed by atoms with Gasteiger partial charge in [0.2, 0.25) is 0 Å². The zero-order valence-corrected chi connectivity index (χ0v) is 18.6. The predicted octanol–water partition coefficient (Wildman–Crippen LogP) is 5.79. The van der Waals surface area contributed by atoms with Crippen molar-refractivity contribution in [1.82, 2.24) is 9.80 Å². The second kappa shape index (κ2) is 10.3. The fourth-order valence-corrected chi connectivity index (χ4v) is 5.37. The summed E-state index contributed by atoms with van der Waals surface area (Å²) in [7, 11) is 0. The van der Waals surface area contributed by atoms with E-state index in [2.05, 4.69) is 65.5 Å². The molecule has 1 heterocycles. The molecule has 4 rings (SSSR count). The van der Waals surface area contributed by atoms with Gasteiger partial charge in [-0.1, -0.05) is 67.8 Å². The van der Waals surface area contributed by atoms with Crippen molar-refractivity contribution in [2.24, 2.45) is 0 Å². The van der Waals surface area contributed by atoms with Crippen molar-refractivity contribution >= 4 is 0 Å². The summed E-state index contributed by atoms with van der Waals surface area (Å²) in [5.74, 6) is 0. The largest absolute Gasteiger partial charge is 0.368 e. The molecule has 1 aliphatic heterocycles. The first-order valence-corrected chi connectivity index (χ1v) is 11.7. The van der Waals surface area contributed by atoms with Gasteiger partial charge in [0.15, 0.2) is 0 Å². The van der Waals surface area contributed by atoms with Crippen LogP contribution in [0, 0.1) is 0 Å². The highest BCUT2D eigenvalue weighted by molar-refractivity contribution is 5.35. The van der Waals surface area contributed by atoms with Crippen LogP contribution < -0.4 is 0 Å². The molecule has 0 radical (unpaired) electrons. The first-order valence-electron chi connectivity index (χ1n) is 11.7. The predicted molar refractivity (Wildman–Crippen MR) is 129 cm³/mol. The van der Waals surface area contributed by atoms with E-state index in [0.29, 0.717) is 19.0 Å². The topological polar surface area (TPSA) is 6.48 Å². The van der Waals surface area contributed by atoms with Gasteiger partial charge in [-0.05, 0) is 61.3 Å². The van der Waals surface area contributed by atoms with E-state index in [1.165, 1.54) is 16.8 Å². The van der Waals surface area contributed by atoms with Gasteiger partial charge in [0.05, 0.1) is 0 Å². The Hall–Kier alpha value is -2.39. The number of halogens is 1. The van der Waals surface area contributed by atoms with E-state index in [1.807, 2.05) is 12.2 Å². The van der Waals surface area contributed by atoms with Crippen LogP contribution in [0.5, 0.6) is 0 Å². The Morgan fingerprint density at radius 2 is 1.94 bits per heavy atom. The summed E-state index contributed by atoms with van der Waals surface area (Å²) in [5, 5.41) is 0. The molecule has 0 saturated carbocycles. The average molecular weight is 419 g/mol. The number of fused-ring (bicyclic) bond motifs is 1. The highest BCUT2D eigenvalue weighted by atomic mass is 19.1. The van der Waals surface area contributed by atoms with E-state index in [9.17, 15) is 4.39 Å². The van der Waals surface area contributed by atoms with E-state index in [1.54, 1.807) is 6.08 Å². The SMILES string of the molecule is C=C/C=C(\C=C)CN1CC(F)CC1CCN(C1=CCCC=C1)C1Cc2ccccc2C1. The summed E-state index contributed by atoms with van der Waals surface area (Å²) in [5.41, 5.74) is 5.42. The molecule has 3 aliphatic rings. The van der Waals surface area contributed by atoms with E-state index in [-0.39, 0.29) is 6.04 Å². The fourth-order valence-electron chi connectivity index (χ4n) is 5.37. The Morgan fingerprint density at radius 3 is 2.58 bits per heavy atom. The van der Waals surface area contributed by atoms with Gasteiger partial charge in [0.1, 0.15) is 6.17 Å². The van der Waals surface area contributed by atoms with Crippen molar-refractivity contribution in [2.45, 2.75) is 56.8 Å². The zero-order chi connectivity index (χ0) is 21.6. The minimum Gasteiger partial charge on any atom is -0.368 e. The monoisotopic (exact) mass is 418 g/mol. The van der Waals surface area contributed by atoms with Crippen molar-refractivity contribution in [1.29, 1.82) is 0 Å². The smallest absolute Gasteiger partial charge is 0.114 e. The fraction of sp³-hybridized carbons (Fsp3) is 0.429. The maximum absolute atomic E-state index is 14.4. The van der Waals surface area contributed by atoms with Crippen LogP contribution in [-0.4, -0.2) is 47.7 Å². The van der Waals surface area contributed by atoms with Crippen LogP contribution in [0.4, 0.5) is 4.39 Å². The summed E-state index contributed by atoms with van der Waals surface area (Å²) < 4.78 is 14.4. The number of nitrogens with zero attached hydrogens (tertiary/aromatic N) is 2. The molecular formula is C28H35FN2. The van der Waals surface area contributed by atoms with E-state index in [4.69, 9.17) is 0 Å². The molecule has 3 heteroatoms. The molecule has 1 fully saturated rings. The van der Waals surface area contributed by atoms with Gasteiger partial charge in [-0.25, -0.2) is 4.39 Å². The number of likely N-dealkylation sites (tertiary alicyclic amines) is 1. The van der Waals surface area contributed by atoms with Gasteiger partial charge in [0.25, 0.3) is 0 Å². The summed E-state index contributed by atoms with van der Waals surface area (Å²) in [4.78, 5) is 4.90. The number of benzene rings is 1. The molecule has 0 bridgehead atoms. The average Bonchev–Trinajstić information content (AvgIpc) is 3.37. The van der Waals surface area contributed by atoms with Crippen molar-refractivity contribution in [3.05, 3.63) is 96.3 Å². The van der Waals surface area contributed by atoms with Gasteiger partial charge in [-0.3, -0.25) is 4.90 Å². The number of alkyl halides is 1. The van der Waals surface area contributed by atoms with Crippen LogP contribution in [0.3, 0.4) is 0 Å². The molecule has 164 valence electrons. The molecule has 2 nitrogen and oxygen atoms in total. The van der Waals surface area contributed by atoms with Crippen LogP contribution in [0.15, 0.2) is 85.1 Å². The standard InChI is InChI=1S/C28H35FN2/c1-3-10-22(4-2)20-30-21-25(29)19-27(30)15-16-31(26-13-6-5-7-14-26)28-17-23-11-8-9-12-24(23)18-28/h3-4,6,8-14,25,27-28H,1-2,5,7,15-21H2/b22-10+. The lowest BCUT2D eigenvalue weighted by atomic mass is 10.0. The van der Waals surface area contributed by atoms with Gasteiger partial charge in [-0.15, -0.1) is 0 Å². The molecule has 0 spiro atoms. The third-order valence-electron chi connectivity index (χ3n) is 6.94. The van der Waals surface area contributed by atoms with Crippen LogP contribution in [0.25, 0.3) is 0 Å². The second-order valence-electron chi connectivity index (χ2n) is 9.02. The molecule has 0 amide bonds. The quantitative estimate of drug-likeness (QED) is 0.468. The van der Waals surface area contributed by atoms with Crippen LogP contribution in [0.1, 0.15) is 36.8 Å². The van der Waals surface area contributed by atoms with E-state index in [0.717, 1.165) is 50.8 Å². The van der Waals surface area contributed by atoms with Crippen LogP contribution >= 0.6 is 0 Å². The molecule has 1 saturated heterocycles. The molecule has 0 N–H and O–H groups in total. The summed E-state index contributed by atoms with van der Waals surface area (Å²) in [6, 6.07) is 9.60. The van der Waals surface area contributed by atoms with Crippen LogP contribution in [0.2, 0.25) is 0 Å². The molecule has 2 atom stereocenters. The first-order chi connectivity index (χ1) is 15.2. The molecule has 1 aromatic carbocycles. The highest BCUT2D eigenvalue weighted by Crippen LogP contribution is 2.31. The lowest BCUT2D eigenvalue weighted by molar-refractivity contribution is 0.207. The Kier molecular flexibility index (Phi) is 7.24.